The number of imidazole rings is 1. The molecule has 0 aliphatic rings. The van der Waals surface area contributed by atoms with Crippen molar-refractivity contribution in [3.8, 4) is 0 Å². The van der Waals surface area contributed by atoms with Gasteiger partial charge >= 0.3 is 6.03 Å². The highest BCUT2D eigenvalue weighted by Gasteiger charge is 2.09. The van der Waals surface area contributed by atoms with Gasteiger partial charge in [0.15, 0.2) is 0 Å². The van der Waals surface area contributed by atoms with Crippen LogP contribution in [-0.2, 0) is 0 Å². The maximum absolute atomic E-state index is 12.2. The second kappa shape index (κ2) is 5.89. The van der Waals surface area contributed by atoms with Crippen LogP contribution >= 0.6 is 0 Å². The van der Waals surface area contributed by atoms with Gasteiger partial charge in [0, 0.05) is 11.4 Å². The third-order valence-corrected chi connectivity index (χ3v) is 3.51. The number of nitrogens with one attached hydrogen (secondary N) is 3. The molecule has 1 heterocycles. The van der Waals surface area contributed by atoms with Gasteiger partial charge in [0.1, 0.15) is 0 Å². The molecule has 2 amide bonds. The molecule has 112 valence electrons. The predicted molar refractivity (Wildman–Crippen MR) is 89.3 cm³/mol. The van der Waals surface area contributed by atoms with Crippen molar-refractivity contribution in [3.05, 3.63) is 54.4 Å². The summed E-state index contributed by atoms with van der Waals surface area (Å²) in [6, 6.07) is 13.1. The Balaban J connectivity index is 1.75. The molecule has 0 saturated heterocycles. The van der Waals surface area contributed by atoms with Crippen LogP contribution in [-0.4, -0.2) is 16.0 Å². The van der Waals surface area contributed by atoms with Crippen LogP contribution in [0.5, 0.6) is 0 Å². The predicted octanol–water partition coefficient (Wildman–Crippen LogP) is 4.33. The number of fused-ring (bicyclic) bond motifs is 1. The zero-order valence-corrected chi connectivity index (χ0v) is 12.6. The monoisotopic (exact) mass is 294 g/mol. The normalized spacial score (nSPS) is 10.9. The van der Waals surface area contributed by atoms with Crippen LogP contribution in [0.4, 0.5) is 16.2 Å². The van der Waals surface area contributed by atoms with E-state index in [1.54, 1.807) is 6.33 Å². The summed E-state index contributed by atoms with van der Waals surface area (Å²) < 4.78 is 0. The molecule has 22 heavy (non-hydrogen) atoms. The van der Waals surface area contributed by atoms with E-state index in [0.717, 1.165) is 28.0 Å². The average molecular weight is 294 g/mol. The molecule has 0 bridgehead atoms. The summed E-state index contributed by atoms with van der Waals surface area (Å²) in [6.45, 7) is 4.20. The summed E-state index contributed by atoms with van der Waals surface area (Å²) >= 11 is 0. The van der Waals surface area contributed by atoms with Gasteiger partial charge in [-0.3, -0.25) is 0 Å². The number of aromatic amines is 1. The zero-order chi connectivity index (χ0) is 15.5. The molecular formula is C17H18N4O. The van der Waals surface area contributed by atoms with Gasteiger partial charge in [-0.05, 0) is 35.7 Å². The molecule has 0 aliphatic heterocycles. The van der Waals surface area contributed by atoms with Crippen molar-refractivity contribution in [2.24, 2.45) is 0 Å². The van der Waals surface area contributed by atoms with E-state index in [0.29, 0.717) is 5.92 Å². The number of carbonyl (C=O) groups excluding carboxylic acids is 1. The number of benzene rings is 2. The minimum atomic E-state index is -0.257. The Hall–Kier alpha value is -2.82. The minimum absolute atomic E-state index is 0.257. The first kappa shape index (κ1) is 14.1. The minimum Gasteiger partial charge on any atom is -0.345 e. The fourth-order valence-corrected chi connectivity index (χ4v) is 2.41. The number of anilines is 2. The molecule has 5 heteroatoms. The lowest BCUT2D eigenvalue weighted by molar-refractivity contribution is 0.262. The van der Waals surface area contributed by atoms with Crippen LogP contribution in [0, 0.1) is 0 Å². The molecule has 5 nitrogen and oxygen atoms in total. The standard InChI is InChI=1S/C17H18N4O/c1-11(2)13-5-3-4-6-14(13)21-17(22)20-12-7-8-15-16(9-12)19-10-18-15/h3-11H,1-2H3,(H,18,19)(H2,20,21,22). The van der Waals surface area contributed by atoms with Crippen molar-refractivity contribution in [1.29, 1.82) is 0 Å². The molecule has 3 rings (SSSR count). The van der Waals surface area contributed by atoms with Crippen molar-refractivity contribution in [3.63, 3.8) is 0 Å². The summed E-state index contributed by atoms with van der Waals surface area (Å²) in [6.07, 6.45) is 1.63. The topological polar surface area (TPSA) is 69.8 Å². The number of carbonyl (C=O) groups is 1. The van der Waals surface area contributed by atoms with Crippen LogP contribution in [0.2, 0.25) is 0 Å². The molecule has 1 aromatic heterocycles. The number of hydrogen-bond donors (Lipinski definition) is 3. The highest BCUT2D eigenvalue weighted by Crippen LogP contribution is 2.24. The Bertz CT molecular complexity index is 807. The summed E-state index contributed by atoms with van der Waals surface area (Å²) in [5.74, 6) is 0.345. The summed E-state index contributed by atoms with van der Waals surface area (Å²) in [4.78, 5) is 19.4. The molecule has 3 aromatic rings. The third-order valence-electron chi connectivity index (χ3n) is 3.51. The lowest BCUT2D eigenvalue weighted by Crippen LogP contribution is -2.20. The Morgan fingerprint density at radius 1 is 1.14 bits per heavy atom. The quantitative estimate of drug-likeness (QED) is 0.673. The first-order valence-electron chi connectivity index (χ1n) is 7.23. The Labute approximate surface area is 128 Å². The van der Waals surface area contributed by atoms with E-state index in [4.69, 9.17) is 0 Å². The van der Waals surface area contributed by atoms with E-state index in [-0.39, 0.29) is 6.03 Å². The fourth-order valence-electron chi connectivity index (χ4n) is 2.41. The number of aromatic nitrogens is 2. The van der Waals surface area contributed by atoms with Crippen LogP contribution in [0.3, 0.4) is 0 Å². The summed E-state index contributed by atoms with van der Waals surface area (Å²) in [5.41, 5.74) is 4.42. The average Bonchev–Trinajstić information content (AvgIpc) is 2.95. The van der Waals surface area contributed by atoms with E-state index in [2.05, 4.69) is 34.4 Å². The molecule has 0 atom stereocenters. The van der Waals surface area contributed by atoms with Crippen molar-refractivity contribution in [2.75, 3.05) is 10.6 Å². The van der Waals surface area contributed by atoms with E-state index in [9.17, 15) is 4.79 Å². The van der Waals surface area contributed by atoms with Gasteiger partial charge in [0.2, 0.25) is 0 Å². The second-order valence-electron chi connectivity index (χ2n) is 5.46. The van der Waals surface area contributed by atoms with Crippen LogP contribution in [0.15, 0.2) is 48.8 Å². The lowest BCUT2D eigenvalue weighted by atomic mass is 10.0. The molecule has 0 saturated carbocycles. The fraction of sp³-hybridized carbons (Fsp3) is 0.176. The van der Waals surface area contributed by atoms with E-state index >= 15 is 0 Å². The maximum atomic E-state index is 12.2. The third kappa shape index (κ3) is 2.93. The Morgan fingerprint density at radius 2 is 1.95 bits per heavy atom. The van der Waals surface area contributed by atoms with Gasteiger partial charge < -0.3 is 15.6 Å². The largest absolute Gasteiger partial charge is 0.345 e. The maximum Gasteiger partial charge on any atom is 0.323 e. The van der Waals surface area contributed by atoms with Crippen LogP contribution in [0.1, 0.15) is 25.3 Å². The Kier molecular flexibility index (Phi) is 3.78. The van der Waals surface area contributed by atoms with Crippen LogP contribution < -0.4 is 10.6 Å². The van der Waals surface area contributed by atoms with Gasteiger partial charge in [0.25, 0.3) is 0 Å². The van der Waals surface area contributed by atoms with Crippen LogP contribution in [0.25, 0.3) is 11.0 Å². The molecule has 0 fully saturated rings. The summed E-state index contributed by atoms with van der Waals surface area (Å²) in [7, 11) is 0. The molecule has 0 spiro atoms. The summed E-state index contributed by atoms with van der Waals surface area (Å²) in [5, 5.41) is 5.75. The SMILES string of the molecule is CC(C)c1ccccc1NC(=O)Nc1ccc2nc[nH]c2c1. The number of para-hydroxylation sites is 1. The number of amides is 2. The van der Waals surface area contributed by atoms with E-state index < -0.39 is 0 Å². The van der Waals surface area contributed by atoms with Crippen molar-refractivity contribution in [1.82, 2.24) is 9.97 Å². The van der Waals surface area contributed by atoms with Gasteiger partial charge in [-0.2, -0.15) is 0 Å². The smallest absolute Gasteiger partial charge is 0.323 e. The van der Waals surface area contributed by atoms with E-state index in [1.807, 2.05) is 42.5 Å². The second-order valence-corrected chi connectivity index (χ2v) is 5.46. The number of urea groups is 1. The molecule has 3 N–H and O–H groups in total. The number of nitrogens with zero attached hydrogens (tertiary/aromatic N) is 1. The van der Waals surface area contributed by atoms with Gasteiger partial charge in [-0.25, -0.2) is 9.78 Å². The first-order valence-corrected chi connectivity index (χ1v) is 7.23. The first-order chi connectivity index (χ1) is 10.6. The van der Waals surface area contributed by atoms with Crippen molar-refractivity contribution >= 4 is 28.4 Å². The molecule has 0 unspecified atom stereocenters. The number of hydrogen-bond acceptors (Lipinski definition) is 2. The zero-order valence-electron chi connectivity index (χ0n) is 12.6. The molecule has 2 aromatic carbocycles. The molecule has 0 radical (unpaired) electrons. The van der Waals surface area contributed by atoms with Crippen molar-refractivity contribution < 1.29 is 4.79 Å². The lowest BCUT2D eigenvalue weighted by Gasteiger charge is -2.14. The van der Waals surface area contributed by atoms with Gasteiger partial charge in [-0.15, -0.1) is 0 Å². The Morgan fingerprint density at radius 3 is 2.77 bits per heavy atom. The number of H-pyrrole nitrogens is 1. The molecule has 0 aliphatic carbocycles. The van der Waals surface area contributed by atoms with E-state index in [1.165, 1.54) is 0 Å². The number of rotatable bonds is 3. The van der Waals surface area contributed by atoms with Gasteiger partial charge in [-0.1, -0.05) is 32.0 Å². The molecular weight excluding hydrogens is 276 g/mol. The van der Waals surface area contributed by atoms with Gasteiger partial charge in [0.05, 0.1) is 17.4 Å². The van der Waals surface area contributed by atoms with Crippen molar-refractivity contribution in [2.45, 2.75) is 19.8 Å². The highest BCUT2D eigenvalue weighted by molar-refractivity contribution is 6.01. The highest BCUT2D eigenvalue weighted by atomic mass is 16.2.